The summed E-state index contributed by atoms with van der Waals surface area (Å²) < 4.78 is 11.3. The molecule has 0 aliphatic carbocycles. The fourth-order valence-corrected chi connectivity index (χ4v) is 2.83. The number of benzene rings is 1. The van der Waals surface area contributed by atoms with E-state index in [0.717, 1.165) is 40.6 Å². The van der Waals surface area contributed by atoms with Crippen molar-refractivity contribution in [3.8, 4) is 22.8 Å². The number of hydrogen-bond donors (Lipinski definition) is 1. The van der Waals surface area contributed by atoms with E-state index < -0.39 is 0 Å². The van der Waals surface area contributed by atoms with Gasteiger partial charge in [0.15, 0.2) is 11.5 Å². The normalized spacial score (nSPS) is 14.2. The summed E-state index contributed by atoms with van der Waals surface area (Å²) >= 11 is 1.65. The molecule has 1 aromatic heterocycles. The van der Waals surface area contributed by atoms with Crippen molar-refractivity contribution in [1.29, 1.82) is 0 Å². The van der Waals surface area contributed by atoms with Crippen molar-refractivity contribution in [2.45, 2.75) is 12.8 Å². The molecule has 1 aromatic carbocycles. The van der Waals surface area contributed by atoms with E-state index in [9.17, 15) is 0 Å². The molecule has 0 atom stereocenters. The summed E-state index contributed by atoms with van der Waals surface area (Å²) in [4.78, 5) is 4.58. The zero-order chi connectivity index (χ0) is 13.1. The number of nitrogens with two attached hydrogens (primary N) is 1. The number of thiazole rings is 1. The molecule has 0 spiro atoms. The van der Waals surface area contributed by atoms with E-state index in [4.69, 9.17) is 15.2 Å². The third kappa shape index (κ3) is 2.72. The highest BCUT2D eigenvalue weighted by Gasteiger charge is 2.12. The molecule has 0 unspecified atom stereocenters. The molecule has 5 heteroatoms. The minimum atomic E-state index is 0.633. The van der Waals surface area contributed by atoms with Crippen LogP contribution < -0.4 is 15.2 Å². The summed E-state index contributed by atoms with van der Waals surface area (Å²) in [5.41, 5.74) is 7.58. The van der Waals surface area contributed by atoms with Crippen molar-refractivity contribution in [1.82, 2.24) is 4.98 Å². The first-order chi connectivity index (χ1) is 9.36. The Morgan fingerprint density at radius 3 is 2.89 bits per heavy atom. The molecule has 0 bridgehead atoms. The first-order valence-corrected chi connectivity index (χ1v) is 7.29. The molecule has 0 saturated heterocycles. The molecular weight excluding hydrogens is 260 g/mol. The van der Waals surface area contributed by atoms with E-state index in [1.165, 1.54) is 0 Å². The van der Waals surface area contributed by atoms with Crippen LogP contribution in [-0.4, -0.2) is 24.7 Å². The molecule has 3 rings (SSSR count). The van der Waals surface area contributed by atoms with Crippen LogP contribution in [0.15, 0.2) is 23.6 Å². The maximum Gasteiger partial charge on any atom is 0.161 e. The molecule has 0 radical (unpaired) electrons. The molecule has 2 heterocycles. The Morgan fingerprint density at radius 1 is 1.21 bits per heavy atom. The molecule has 2 aromatic rings. The van der Waals surface area contributed by atoms with E-state index in [2.05, 4.69) is 10.4 Å². The number of aromatic nitrogens is 1. The lowest BCUT2D eigenvalue weighted by atomic mass is 10.1. The summed E-state index contributed by atoms with van der Waals surface area (Å²) in [6.45, 7) is 2.05. The van der Waals surface area contributed by atoms with Gasteiger partial charge >= 0.3 is 0 Å². The number of nitrogens with zero attached hydrogens (tertiary/aromatic N) is 1. The molecular formula is C14H16N2O2S. The third-order valence-corrected chi connectivity index (χ3v) is 3.86. The van der Waals surface area contributed by atoms with Gasteiger partial charge in [0.25, 0.3) is 0 Å². The zero-order valence-electron chi connectivity index (χ0n) is 10.6. The summed E-state index contributed by atoms with van der Waals surface area (Å²) in [6, 6.07) is 5.98. The Labute approximate surface area is 116 Å². The van der Waals surface area contributed by atoms with Crippen LogP contribution in [0.2, 0.25) is 0 Å². The van der Waals surface area contributed by atoms with Gasteiger partial charge in [0.1, 0.15) is 0 Å². The maximum absolute atomic E-state index is 5.70. The molecule has 0 fully saturated rings. The van der Waals surface area contributed by atoms with Crippen molar-refractivity contribution >= 4 is 11.3 Å². The zero-order valence-corrected chi connectivity index (χ0v) is 11.4. The predicted molar refractivity (Wildman–Crippen MR) is 75.9 cm³/mol. The molecule has 1 aliphatic heterocycles. The van der Waals surface area contributed by atoms with Gasteiger partial charge in [0.05, 0.1) is 23.9 Å². The Morgan fingerprint density at radius 2 is 2.05 bits per heavy atom. The van der Waals surface area contributed by atoms with Crippen molar-refractivity contribution in [2.75, 3.05) is 19.8 Å². The molecule has 4 nitrogen and oxygen atoms in total. The molecule has 19 heavy (non-hydrogen) atoms. The van der Waals surface area contributed by atoms with Gasteiger partial charge in [-0.3, -0.25) is 0 Å². The van der Waals surface area contributed by atoms with E-state index in [1.54, 1.807) is 11.3 Å². The van der Waals surface area contributed by atoms with Crippen LogP contribution in [0, 0.1) is 0 Å². The molecule has 0 saturated carbocycles. The second-order valence-corrected chi connectivity index (χ2v) is 5.32. The summed E-state index contributed by atoms with van der Waals surface area (Å²) in [5, 5.41) is 3.13. The molecule has 2 N–H and O–H groups in total. The highest BCUT2D eigenvalue weighted by molar-refractivity contribution is 7.09. The summed E-state index contributed by atoms with van der Waals surface area (Å²) in [6.07, 6.45) is 1.75. The van der Waals surface area contributed by atoms with Crippen LogP contribution in [0.25, 0.3) is 11.3 Å². The molecule has 0 amide bonds. The Hall–Kier alpha value is -1.59. The first kappa shape index (κ1) is 12.4. The highest BCUT2D eigenvalue weighted by atomic mass is 32.1. The summed E-state index contributed by atoms with van der Waals surface area (Å²) in [5.74, 6) is 1.63. The average molecular weight is 276 g/mol. The van der Waals surface area contributed by atoms with Crippen molar-refractivity contribution in [2.24, 2.45) is 5.73 Å². The smallest absolute Gasteiger partial charge is 0.161 e. The van der Waals surface area contributed by atoms with E-state index in [-0.39, 0.29) is 0 Å². The van der Waals surface area contributed by atoms with Gasteiger partial charge in [0.2, 0.25) is 0 Å². The highest BCUT2D eigenvalue weighted by Crippen LogP contribution is 2.34. The molecule has 100 valence electrons. The largest absolute Gasteiger partial charge is 0.490 e. The second kappa shape index (κ2) is 5.59. The standard InChI is InChI=1S/C14H16N2O2S/c15-5-4-14-16-11(9-19-14)10-2-3-12-13(8-10)18-7-1-6-17-12/h2-3,8-9H,1,4-7,15H2. The minimum absolute atomic E-state index is 0.633. The quantitative estimate of drug-likeness (QED) is 0.935. The van der Waals surface area contributed by atoms with Crippen molar-refractivity contribution in [3.63, 3.8) is 0 Å². The lowest BCUT2D eigenvalue weighted by Crippen LogP contribution is -2.02. The summed E-state index contributed by atoms with van der Waals surface area (Å²) in [7, 11) is 0. The van der Waals surface area contributed by atoms with Gasteiger partial charge in [-0.15, -0.1) is 11.3 Å². The Kier molecular flexibility index (Phi) is 3.66. The SMILES string of the molecule is NCCc1nc(-c2ccc3c(c2)OCCCO3)cs1. The number of hydrogen-bond acceptors (Lipinski definition) is 5. The monoisotopic (exact) mass is 276 g/mol. The van der Waals surface area contributed by atoms with Crippen LogP contribution in [-0.2, 0) is 6.42 Å². The van der Waals surface area contributed by atoms with Crippen LogP contribution in [0.1, 0.15) is 11.4 Å². The van der Waals surface area contributed by atoms with E-state index >= 15 is 0 Å². The number of rotatable bonds is 3. The van der Waals surface area contributed by atoms with Crippen LogP contribution in [0.3, 0.4) is 0 Å². The third-order valence-electron chi connectivity index (χ3n) is 2.95. The lowest BCUT2D eigenvalue weighted by molar-refractivity contribution is 0.297. The predicted octanol–water partition coefficient (Wildman–Crippen LogP) is 2.47. The minimum Gasteiger partial charge on any atom is -0.490 e. The van der Waals surface area contributed by atoms with Gasteiger partial charge in [0, 0.05) is 23.8 Å². The van der Waals surface area contributed by atoms with Gasteiger partial charge in [-0.2, -0.15) is 0 Å². The van der Waals surface area contributed by atoms with Crippen LogP contribution >= 0.6 is 11.3 Å². The second-order valence-electron chi connectivity index (χ2n) is 4.38. The van der Waals surface area contributed by atoms with E-state index in [0.29, 0.717) is 19.8 Å². The van der Waals surface area contributed by atoms with Crippen molar-refractivity contribution < 1.29 is 9.47 Å². The fourth-order valence-electron chi connectivity index (χ4n) is 2.00. The van der Waals surface area contributed by atoms with E-state index in [1.807, 2.05) is 18.2 Å². The Balaban J connectivity index is 1.89. The number of fused-ring (bicyclic) bond motifs is 1. The topological polar surface area (TPSA) is 57.4 Å². The average Bonchev–Trinajstić information content (AvgIpc) is 2.76. The van der Waals surface area contributed by atoms with Gasteiger partial charge < -0.3 is 15.2 Å². The van der Waals surface area contributed by atoms with Crippen LogP contribution in [0.4, 0.5) is 0 Å². The van der Waals surface area contributed by atoms with Crippen LogP contribution in [0.5, 0.6) is 11.5 Å². The van der Waals surface area contributed by atoms with Gasteiger partial charge in [-0.05, 0) is 24.7 Å². The molecule has 1 aliphatic rings. The van der Waals surface area contributed by atoms with Gasteiger partial charge in [-0.25, -0.2) is 4.98 Å². The number of ether oxygens (including phenoxy) is 2. The lowest BCUT2D eigenvalue weighted by Gasteiger charge is -2.08. The first-order valence-electron chi connectivity index (χ1n) is 6.41. The maximum atomic E-state index is 5.70. The fraction of sp³-hybridized carbons (Fsp3) is 0.357. The van der Waals surface area contributed by atoms with Crippen molar-refractivity contribution in [3.05, 3.63) is 28.6 Å². The van der Waals surface area contributed by atoms with Gasteiger partial charge in [-0.1, -0.05) is 0 Å². The Bertz CT molecular complexity index is 568.